The zero-order chi connectivity index (χ0) is 0. The Morgan fingerprint density at radius 1 is 1.00 bits per heavy atom. The molecule has 0 heterocycles. The summed E-state index contributed by atoms with van der Waals surface area (Å²) in [7, 11) is 0. The second-order valence-corrected chi connectivity index (χ2v) is 0. The molecule has 0 bridgehead atoms. The summed E-state index contributed by atoms with van der Waals surface area (Å²) in [6.45, 7) is 0. The molecule has 0 spiro atoms. The summed E-state index contributed by atoms with van der Waals surface area (Å²) in [6, 6.07) is 0. The van der Waals surface area contributed by atoms with E-state index in [2.05, 4.69) is 0 Å². The molecule has 0 saturated heterocycles. The Balaban J connectivity index is 0. The summed E-state index contributed by atoms with van der Waals surface area (Å²) in [4.78, 5) is 0. The Bertz CT molecular complexity index is 8.00. The number of rotatable bonds is 0. The van der Waals surface area contributed by atoms with Crippen molar-refractivity contribution in [1.82, 2.24) is 0 Å². The van der Waals surface area contributed by atoms with Crippen LogP contribution in [-0.2, 0) is 0 Å². The Morgan fingerprint density at radius 2 is 1.00 bits per heavy atom. The van der Waals surface area contributed by atoms with Crippen LogP contribution in [0.5, 0.6) is 0 Å². The molecule has 0 radical (unpaired) electrons. The van der Waals surface area contributed by atoms with Crippen LogP contribution < -0.4 is 0 Å². The van der Waals surface area contributed by atoms with Gasteiger partial charge in [0.15, 0.2) is 0 Å². The summed E-state index contributed by atoms with van der Waals surface area (Å²) in [5, 5.41) is 0. The molecule has 0 aliphatic heterocycles. The fraction of sp³-hybridized carbons (Fsp3) is 0. The molecule has 0 rings (SSSR count). The summed E-state index contributed by atoms with van der Waals surface area (Å²) in [5.74, 6) is 0. The second kappa shape index (κ2) is 15.7. The zero-order valence-corrected chi connectivity index (χ0v) is 6.70. The third-order valence-corrected chi connectivity index (χ3v) is 0. The Kier molecular flexibility index (Phi) is 95.9. The predicted molar refractivity (Wildman–Crippen MR) is 29.2 cm³/mol. The Morgan fingerprint density at radius 3 is 1.00 bits per heavy atom. The zero-order valence-electron chi connectivity index (χ0n) is 1.21. The van der Waals surface area contributed by atoms with E-state index in [4.69, 9.17) is 0 Å². The van der Waals surface area contributed by atoms with Crippen molar-refractivity contribution >= 4 is 126 Å². The predicted octanol–water partition coefficient (Wildman–Crippen LogP) is -3.57. The quantitative estimate of drug-likeness (QED) is 0.371. The molecule has 1 nitrogen and oxygen atoms in total. The summed E-state index contributed by atoms with van der Waals surface area (Å²) < 4.78 is 0. The van der Waals surface area contributed by atoms with Gasteiger partial charge in [-0.3, -0.25) is 0 Å². The van der Waals surface area contributed by atoms with Crippen molar-refractivity contribution in [2.75, 3.05) is 0 Å². The first-order chi connectivity index (χ1) is 0. The topological polar surface area (TPSA) is 31.5 Å². The molecular formula is H8BaBiKO. The van der Waals surface area contributed by atoms with Crippen LogP contribution in [0.3, 0.4) is 0 Å². The molecule has 0 atom stereocenters. The number of hydrogen-bond acceptors (Lipinski definition) is 0. The minimum atomic E-state index is 0. The van der Waals surface area contributed by atoms with E-state index in [1.165, 1.54) is 0 Å². The van der Waals surface area contributed by atoms with Crippen LogP contribution in [0, 0.1) is 0 Å². The van der Waals surface area contributed by atoms with Gasteiger partial charge in [-0.2, -0.15) is 0 Å². The van der Waals surface area contributed by atoms with Gasteiger partial charge in [0.05, 0.1) is 0 Å². The Labute approximate surface area is 128 Å². The van der Waals surface area contributed by atoms with E-state index in [-0.39, 0.29) is 132 Å². The maximum absolute atomic E-state index is 0. The first kappa shape index (κ1) is 24.4. The standard InChI is InChI=1S/Ba.Bi.K.H2O.6H/h;;;1H2;;;;;;. The van der Waals surface area contributed by atoms with Crippen LogP contribution in [0.2, 0.25) is 0 Å². The molecular weight excluding hydrogens is 401 g/mol. The van der Waals surface area contributed by atoms with E-state index in [1.54, 1.807) is 0 Å². The van der Waals surface area contributed by atoms with Crippen molar-refractivity contribution in [2.24, 2.45) is 0 Å². The molecule has 2 N–H and O–H groups in total. The molecule has 0 fully saturated rings. The molecule has 0 saturated carbocycles. The molecule has 0 aliphatic rings. The third-order valence-electron chi connectivity index (χ3n) is 0. The number of hydrogen-bond donors (Lipinski definition) is 0. The van der Waals surface area contributed by atoms with Crippen LogP contribution in [0.1, 0.15) is 0 Å². The van der Waals surface area contributed by atoms with Crippen LogP contribution in [-0.4, -0.2) is 132 Å². The van der Waals surface area contributed by atoms with Gasteiger partial charge < -0.3 is 5.48 Å². The average molecular weight is 409 g/mol. The third kappa shape index (κ3) is 9.41. The van der Waals surface area contributed by atoms with Crippen LogP contribution in [0.15, 0.2) is 0 Å². The van der Waals surface area contributed by atoms with E-state index in [9.17, 15) is 0 Å². The van der Waals surface area contributed by atoms with Crippen LogP contribution >= 0.6 is 0 Å². The summed E-state index contributed by atoms with van der Waals surface area (Å²) in [6.07, 6.45) is 0. The van der Waals surface area contributed by atoms with Crippen molar-refractivity contribution in [1.29, 1.82) is 0 Å². The maximum atomic E-state index is 0. The molecule has 22 valence electrons. The van der Waals surface area contributed by atoms with Gasteiger partial charge in [0.1, 0.15) is 0 Å². The van der Waals surface area contributed by atoms with Crippen molar-refractivity contribution in [3.05, 3.63) is 0 Å². The van der Waals surface area contributed by atoms with Crippen LogP contribution in [0.25, 0.3) is 0 Å². The second-order valence-electron chi connectivity index (χ2n) is 0. The fourth-order valence-electron chi connectivity index (χ4n) is 0. The molecule has 0 aromatic rings. The van der Waals surface area contributed by atoms with Gasteiger partial charge in [0.2, 0.25) is 0 Å². The monoisotopic (exact) mass is 410 g/mol. The molecule has 4 heavy (non-hydrogen) atoms. The first-order valence-electron chi connectivity index (χ1n) is 0. The molecule has 0 aromatic heterocycles. The van der Waals surface area contributed by atoms with Crippen molar-refractivity contribution in [2.45, 2.75) is 0 Å². The van der Waals surface area contributed by atoms with E-state index < -0.39 is 0 Å². The average Bonchev–Trinajstić information content (AvgIpc) is 0. The van der Waals surface area contributed by atoms with Gasteiger partial charge in [-0.05, 0) is 0 Å². The van der Waals surface area contributed by atoms with Gasteiger partial charge in [0, 0.05) is 0 Å². The fourth-order valence-corrected chi connectivity index (χ4v) is 0. The minimum absolute atomic E-state index is 0. The molecule has 0 unspecified atom stereocenters. The van der Waals surface area contributed by atoms with Gasteiger partial charge in [-0.15, -0.1) is 0 Å². The van der Waals surface area contributed by atoms with Gasteiger partial charge in [-0.1, -0.05) is 0 Å². The van der Waals surface area contributed by atoms with E-state index in [0.29, 0.717) is 0 Å². The summed E-state index contributed by atoms with van der Waals surface area (Å²) >= 11 is 0. The van der Waals surface area contributed by atoms with Crippen molar-refractivity contribution in [3.63, 3.8) is 0 Å². The van der Waals surface area contributed by atoms with Gasteiger partial charge >= 0.3 is 126 Å². The van der Waals surface area contributed by atoms with E-state index >= 15 is 0 Å². The molecule has 0 aromatic carbocycles. The SMILES string of the molecule is O.[BaH2].[BiH3].[KH]. The molecule has 4 heteroatoms. The van der Waals surface area contributed by atoms with Crippen molar-refractivity contribution in [3.8, 4) is 0 Å². The molecule has 0 aliphatic carbocycles. The normalized spacial score (nSPS) is 0. The molecule has 0 amide bonds. The van der Waals surface area contributed by atoms with Gasteiger partial charge in [-0.25, -0.2) is 0 Å². The summed E-state index contributed by atoms with van der Waals surface area (Å²) in [5.41, 5.74) is 0. The van der Waals surface area contributed by atoms with E-state index in [0.717, 1.165) is 0 Å². The van der Waals surface area contributed by atoms with Gasteiger partial charge in [0.25, 0.3) is 0 Å². The van der Waals surface area contributed by atoms with Crippen molar-refractivity contribution < 1.29 is 5.48 Å². The van der Waals surface area contributed by atoms with E-state index in [1.807, 2.05) is 0 Å². The Hall–Kier alpha value is 4.05. The first-order valence-corrected chi connectivity index (χ1v) is 0. The van der Waals surface area contributed by atoms with Crippen LogP contribution in [0.4, 0.5) is 0 Å².